The van der Waals surface area contributed by atoms with Crippen molar-refractivity contribution in [3.05, 3.63) is 12.2 Å². The molecule has 3 aliphatic heterocycles. The molecule has 1 unspecified atom stereocenters. The number of aliphatic hydroxyl groups is 2. The van der Waals surface area contributed by atoms with Crippen LogP contribution in [-0.2, 0) is 0 Å². The van der Waals surface area contributed by atoms with E-state index in [4.69, 9.17) is 0 Å². The minimum absolute atomic E-state index is 0.0316. The quantitative estimate of drug-likeness (QED) is 0.670. The van der Waals surface area contributed by atoms with Crippen LogP contribution in [0.1, 0.15) is 39.0 Å². The van der Waals surface area contributed by atoms with Gasteiger partial charge in [0.05, 0.1) is 12.2 Å². The SMILES string of the molecule is C=C1[C@H]2C[C@@H]3[C@H]4N5C[C@@]6(C)CCC[C@]47[C@H]([C@H]2O)[C@]3(C[C@H]5[C@H]67)[C@@H]1O. The molecule has 0 radical (unpaired) electrons. The summed E-state index contributed by atoms with van der Waals surface area (Å²) < 4.78 is 0. The number of aliphatic hydroxyl groups excluding tert-OH is 2. The molecule has 6 aliphatic carbocycles. The Bertz CT molecular complexity index is 677. The molecule has 12 atom stereocenters. The van der Waals surface area contributed by atoms with Gasteiger partial charge in [-0.2, -0.15) is 0 Å². The van der Waals surface area contributed by atoms with Crippen molar-refractivity contribution in [1.29, 1.82) is 0 Å². The largest absolute Gasteiger partial charge is 0.392 e. The maximum atomic E-state index is 11.3. The van der Waals surface area contributed by atoms with Gasteiger partial charge in [0.1, 0.15) is 0 Å². The molecule has 0 aromatic rings. The van der Waals surface area contributed by atoms with Crippen molar-refractivity contribution in [2.75, 3.05) is 6.54 Å². The first-order chi connectivity index (χ1) is 11.0. The second-order valence-corrected chi connectivity index (χ2v) is 10.5. The maximum absolute atomic E-state index is 11.3. The van der Waals surface area contributed by atoms with Crippen LogP contribution in [0.3, 0.4) is 0 Å². The molecule has 3 heterocycles. The first-order valence-corrected chi connectivity index (χ1v) is 9.77. The van der Waals surface area contributed by atoms with Gasteiger partial charge in [-0.15, -0.1) is 0 Å². The molecule has 3 heteroatoms. The van der Waals surface area contributed by atoms with Crippen LogP contribution in [0.2, 0.25) is 0 Å². The van der Waals surface area contributed by atoms with Crippen LogP contribution in [0.15, 0.2) is 12.2 Å². The Balaban J connectivity index is 1.55. The summed E-state index contributed by atoms with van der Waals surface area (Å²) in [6.07, 6.45) is 5.64. The number of piperidine rings is 2. The second-order valence-electron chi connectivity index (χ2n) is 10.5. The Morgan fingerprint density at radius 1 is 1.17 bits per heavy atom. The molecular formula is C20H27NO2. The second kappa shape index (κ2) is 3.20. The van der Waals surface area contributed by atoms with Crippen molar-refractivity contribution in [2.45, 2.75) is 63.3 Å². The molecule has 6 saturated carbocycles. The van der Waals surface area contributed by atoms with Crippen molar-refractivity contribution >= 4 is 0 Å². The normalized spacial score (nSPS) is 75.6. The number of hydrogen-bond acceptors (Lipinski definition) is 3. The lowest BCUT2D eigenvalue weighted by atomic mass is 9.39. The first kappa shape index (κ1) is 12.9. The summed E-state index contributed by atoms with van der Waals surface area (Å²) in [5, 5.41) is 22.6. The molecule has 3 saturated heterocycles. The molecule has 3 nitrogen and oxygen atoms in total. The van der Waals surface area contributed by atoms with Crippen molar-refractivity contribution in [3.8, 4) is 0 Å². The van der Waals surface area contributed by atoms with Gasteiger partial charge in [0.2, 0.25) is 0 Å². The van der Waals surface area contributed by atoms with Crippen LogP contribution < -0.4 is 0 Å². The van der Waals surface area contributed by atoms with Crippen LogP contribution in [0.25, 0.3) is 0 Å². The molecule has 23 heavy (non-hydrogen) atoms. The van der Waals surface area contributed by atoms with E-state index in [9.17, 15) is 10.2 Å². The molecule has 9 bridgehead atoms. The lowest BCUT2D eigenvalue weighted by molar-refractivity contribution is -0.213. The number of nitrogens with zero attached hydrogens (tertiary/aromatic N) is 1. The third kappa shape index (κ3) is 0.910. The van der Waals surface area contributed by atoms with E-state index in [1.165, 1.54) is 25.8 Å². The van der Waals surface area contributed by atoms with E-state index >= 15 is 0 Å². The van der Waals surface area contributed by atoms with E-state index in [2.05, 4.69) is 18.4 Å². The zero-order valence-electron chi connectivity index (χ0n) is 13.9. The Morgan fingerprint density at radius 2 is 2.00 bits per heavy atom. The summed E-state index contributed by atoms with van der Waals surface area (Å²) in [6, 6.07) is 1.34. The highest BCUT2D eigenvalue weighted by Crippen LogP contribution is 2.86. The fourth-order valence-electron chi connectivity index (χ4n) is 10.5. The summed E-state index contributed by atoms with van der Waals surface area (Å²) in [7, 11) is 0. The highest BCUT2D eigenvalue weighted by Gasteiger charge is 2.89. The molecule has 9 fully saturated rings. The van der Waals surface area contributed by atoms with Crippen molar-refractivity contribution in [3.63, 3.8) is 0 Å². The van der Waals surface area contributed by atoms with Gasteiger partial charge < -0.3 is 10.2 Å². The molecule has 9 aliphatic rings. The monoisotopic (exact) mass is 313 g/mol. The van der Waals surface area contributed by atoms with E-state index in [-0.39, 0.29) is 23.5 Å². The van der Waals surface area contributed by atoms with Gasteiger partial charge in [0.25, 0.3) is 0 Å². The first-order valence-electron chi connectivity index (χ1n) is 9.77. The van der Waals surface area contributed by atoms with Crippen LogP contribution in [0, 0.1) is 39.9 Å². The van der Waals surface area contributed by atoms with Gasteiger partial charge in [-0.05, 0) is 53.9 Å². The third-order valence-electron chi connectivity index (χ3n) is 10.3. The van der Waals surface area contributed by atoms with Gasteiger partial charge >= 0.3 is 0 Å². The molecule has 0 aromatic carbocycles. The Kier molecular flexibility index (Phi) is 1.79. The lowest BCUT2D eigenvalue weighted by Gasteiger charge is -2.66. The van der Waals surface area contributed by atoms with Crippen molar-refractivity contribution in [1.82, 2.24) is 4.90 Å². The summed E-state index contributed by atoms with van der Waals surface area (Å²) in [6.45, 7) is 8.04. The smallest absolute Gasteiger partial charge is 0.0815 e. The van der Waals surface area contributed by atoms with Crippen molar-refractivity contribution < 1.29 is 10.2 Å². The van der Waals surface area contributed by atoms with E-state index in [1.807, 2.05) is 0 Å². The van der Waals surface area contributed by atoms with Crippen LogP contribution in [0.5, 0.6) is 0 Å². The lowest BCUT2D eigenvalue weighted by Crippen LogP contribution is -2.68. The number of rotatable bonds is 0. The van der Waals surface area contributed by atoms with E-state index in [0.717, 1.165) is 24.3 Å². The average Bonchev–Trinajstić information content (AvgIpc) is 2.93. The predicted octanol–water partition coefficient (Wildman–Crippen LogP) is 1.79. The predicted molar refractivity (Wildman–Crippen MR) is 85.5 cm³/mol. The van der Waals surface area contributed by atoms with Crippen molar-refractivity contribution in [2.24, 2.45) is 39.9 Å². The summed E-state index contributed by atoms with van der Waals surface area (Å²) in [5.41, 5.74) is 1.72. The van der Waals surface area contributed by atoms with E-state index in [1.54, 1.807) is 0 Å². The fraction of sp³-hybridized carbons (Fsp3) is 0.900. The molecule has 0 amide bonds. The Hall–Kier alpha value is -0.380. The zero-order valence-corrected chi connectivity index (χ0v) is 13.9. The Morgan fingerprint density at radius 3 is 2.83 bits per heavy atom. The molecule has 9 rings (SSSR count). The fourth-order valence-corrected chi connectivity index (χ4v) is 10.5. The van der Waals surface area contributed by atoms with E-state index < -0.39 is 0 Å². The summed E-state index contributed by atoms with van der Waals surface area (Å²) >= 11 is 0. The molecule has 2 spiro atoms. The van der Waals surface area contributed by atoms with E-state index in [0.29, 0.717) is 34.7 Å². The standard InChI is InChI=1S/C20H27NO2/c1-9-10-6-11-16-19-5-3-4-18(2)8-21(16)12(14(18)19)7-20(11,17(9)23)15(19)13(10)22/h10-17,22-23H,1,3-8H2,2H3/t10-,11-,12+,13+,14-,15+,16-,17-,18-,19+,20-/m1/s1. The Labute approximate surface area is 137 Å². The van der Waals surface area contributed by atoms with Crippen LogP contribution in [0.4, 0.5) is 0 Å². The molecule has 124 valence electrons. The topological polar surface area (TPSA) is 43.7 Å². The third-order valence-corrected chi connectivity index (χ3v) is 10.3. The zero-order chi connectivity index (χ0) is 15.5. The maximum Gasteiger partial charge on any atom is 0.0815 e. The van der Waals surface area contributed by atoms with Crippen LogP contribution >= 0.6 is 0 Å². The number of hydrogen-bond donors (Lipinski definition) is 2. The molecule has 2 N–H and O–H groups in total. The highest BCUT2D eigenvalue weighted by atomic mass is 16.3. The molecular weight excluding hydrogens is 286 g/mol. The van der Waals surface area contributed by atoms with Gasteiger partial charge in [-0.3, -0.25) is 4.90 Å². The summed E-state index contributed by atoms with van der Waals surface area (Å²) in [4.78, 5) is 2.88. The number of fused-ring (bicyclic) bond motifs is 1. The van der Waals surface area contributed by atoms with Gasteiger partial charge in [-0.25, -0.2) is 0 Å². The molecule has 0 aromatic heterocycles. The summed E-state index contributed by atoms with van der Waals surface area (Å²) in [5.74, 6) is 1.90. The van der Waals surface area contributed by atoms with Gasteiger partial charge in [0.15, 0.2) is 0 Å². The van der Waals surface area contributed by atoms with Gasteiger partial charge in [-0.1, -0.05) is 19.9 Å². The van der Waals surface area contributed by atoms with Gasteiger partial charge in [0, 0.05) is 35.9 Å². The minimum Gasteiger partial charge on any atom is -0.392 e. The minimum atomic E-state index is -0.349. The van der Waals surface area contributed by atoms with Crippen LogP contribution in [-0.4, -0.2) is 45.9 Å². The highest BCUT2D eigenvalue weighted by molar-refractivity contribution is 5.43. The average molecular weight is 313 g/mol.